The van der Waals surface area contributed by atoms with Gasteiger partial charge in [0.2, 0.25) is 5.91 Å². The zero-order valence-corrected chi connectivity index (χ0v) is 15.1. The van der Waals surface area contributed by atoms with Crippen LogP contribution in [0.4, 0.5) is 0 Å². The Hall–Kier alpha value is -3.22. The normalized spacial score (nSPS) is 16.0. The predicted octanol–water partition coefficient (Wildman–Crippen LogP) is 1.64. The summed E-state index contributed by atoms with van der Waals surface area (Å²) in [5, 5.41) is 2.53. The lowest BCUT2D eigenvalue weighted by Crippen LogP contribution is -2.47. The van der Waals surface area contributed by atoms with Crippen LogP contribution in [0.1, 0.15) is 23.2 Å². The predicted molar refractivity (Wildman–Crippen MR) is 98.8 cm³/mol. The van der Waals surface area contributed by atoms with Gasteiger partial charge in [0, 0.05) is 30.1 Å². The molecule has 1 N–H and O–H groups in total. The average molecular weight is 367 g/mol. The molecule has 3 rings (SSSR count). The van der Waals surface area contributed by atoms with E-state index >= 15 is 0 Å². The van der Waals surface area contributed by atoms with Gasteiger partial charge in [0.1, 0.15) is 12.6 Å². The SMILES string of the molecule is COC(=O)CNC(=O)C1CCCN1C(=O)c1cccc(-c2cccnc2)c1. The number of methoxy groups -OCH3 is 1. The summed E-state index contributed by atoms with van der Waals surface area (Å²) in [4.78, 5) is 42.2. The number of nitrogens with zero attached hydrogens (tertiary/aromatic N) is 2. The van der Waals surface area contributed by atoms with Crippen LogP contribution < -0.4 is 5.32 Å². The number of rotatable bonds is 5. The van der Waals surface area contributed by atoms with Gasteiger partial charge in [0.15, 0.2) is 0 Å². The van der Waals surface area contributed by atoms with Gasteiger partial charge in [-0.05, 0) is 36.6 Å². The number of ether oxygens (including phenoxy) is 1. The first-order chi connectivity index (χ1) is 13.1. The summed E-state index contributed by atoms with van der Waals surface area (Å²) in [6, 6.07) is 10.5. The standard InChI is InChI=1S/C20H21N3O4/c1-27-18(24)13-22-19(25)17-8-4-10-23(17)20(26)15-6-2-5-14(11-15)16-7-3-9-21-12-16/h2-3,5-7,9,11-12,17H,4,8,10,13H2,1H3,(H,22,25). The van der Waals surface area contributed by atoms with Crippen molar-refractivity contribution >= 4 is 17.8 Å². The Kier molecular flexibility index (Phi) is 5.80. The van der Waals surface area contributed by atoms with E-state index in [-0.39, 0.29) is 18.4 Å². The Labute approximate surface area is 157 Å². The molecule has 1 saturated heterocycles. The molecule has 0 radical (unpaired) electrons. The third kappa shape index (κ3) is 4.31. The molecule has 0 aliphatic carbocycles. The molecule has 140 valence electrons. The van der Waals surface area contributed by atoms with Crippen LogP contribution in [0.25, 0.3) is 11.1 Å². The summed E-state index contributed by atoms with van der Waals surface area (Å²) in [5.41, 5.74) is 2.32. The van der Waals surface area contributed by atoms with Crippen molar-refractivity contribution in [3.05, 3.63) is 54.4 Å². The van der Waals surface area contributed by atoms with Crippen molar-refractivity contribution in [1.29, 1.82) is 0 Å². The van der Waals surface area contributed by atoms with E-state index in [9.17, 15) is 14.4 Å². The maximum atomic E-state index is 13.0. The van der Waals surface area contributed by atoms with E-state index in [2.05, 4.69) is 15.0 Å². The largest absolute Gasteiger partial charge is 0.468 e. The molecule has 2 heterocycles. The van der Waals surface area contributed by atoms with Gasteiger partial charge in [0.05, 0.1) is 7.11 Å². The third-order valence-electron chi connectivity index (χ3n) is 4.56. The minimum atomic E-state index is -0.579. The van der Waals surface area contributed by atoms with Crippen molar-refractivity contribution in [2.45, 2.75) is 18.9 Å². The van der Waals surface area contributed by atoms with Crippen LogP contribution in [0.2, 0.25) is 0 Å². The number of pyridine rings is 1. The van der Waals surface area contributed by atoms with Crippen LogP contribution in [0.5, 0.6) is 0 Å². The fourth-order valence-corrected chi connectivity index (χ4v) is 3.16. The molecule has 0 spiro atoms. The second-order valence-corrected chi connectivity index (χ2v) is 6.27. The Bertz CT molecular complexity index is 838. The van der Waals surface area contributed by atoms with E-state index in [4.69, 9.17) is 0 Å². The van der Waals surface area contributed by atoms with Crippen molar-refractivity contribution in [3.63, 3.8) is 0 Å². The van der Waals surface area contributed by atoms with Crippen LogP contribution in [0.15, 0.2) is 48.8 Å². The van der Waals surface area contributed by atoms with E-state index in [1.54, 1.807) is 29.4 Å². The number of benzene rings is 1. The van der Waals surface area contributed by atoms with Gasteiger partial charge >= 0.3 is 5.97 Å². The highest BCUT2D eigenvalue weighted by atomic mass is 16.5. The quantitative estimate of drug-likeness (QED) is 0.812. The summed E-state index contributed by atoms with van der Waals surface area (Å²) >= 11 is 0. The number of esters is 1. The molecule has 1 aliphatic heterocycles. The highest BCUT2D eigenvalue weighted by Crippen LogP contribution is 2.24. The lowest BCUT2D eigenvalue weighted by Gasteiger charge is -2.24. The Morgan fingerprint density at radius 1 is 1.22 bits per heavy atom. The number of hydrogen-bond acceptors (Lipinski definition) is 5. The van der Waals surface area contributed by atoms with Crippen LogP contribution in [0.3, 0.4) is 0 Å². The van der Waals surface area contributed by atoms with Crippen LogP contribution in [-0.2, 0) is 14.3 Å². The summed E-state index contributed by atoms with van der Waals surface area (Å²) < 4.78 is 4.52. The summed E-state index contributed by atoms with van der Waals surface area (Å²) in [7, 11) is 1.26. The van der Waals surface area contributed by atoms with Crippen molar-refractivity contribution in [2.24, 2.45) is 0 Å². The first-order valence-electron chi connectivity index (χ1n) is 8.76. The molecule has 7 nitrogen and oxygen atoms in total. The minimum Gasteiger partial charge on any atom is -0.468 e. The monoisotopic (exact) mass is 367 g/mol. The molecule has 1 aliphatic rings. The molecular weight excluding hydrogens is 346 g/mol. The van der Waals surface area contributed by atoms with Gasteiger partial charge in [-0.1, -0.05) is 18.2 Å². The summed E-state index contributed by atoms with van der Waals surface area (Å²) in [5.74, 6) is -1.06. The van der Waals surface area contributed by atoms with E-state index in [0.717, 1.165) is 17.5 Å². The molecule has 0 saturated carbocycles. The lowest BCUT2D eigenvalue weighted by atomic mass is 10.0. The van der Waals surface area contributed by atoms with Gasteiger partial charge in [-0.25, -0.2) is 0 Å². The van der Waals surface area contributed by atoms with Crippen molar-refractivity contribution < 1.29 is 19.1 Å². The number of carbonyl (C=O) groups is 3. The number of carbonyl (C=O) groups excluding carboxylic acids is 3. The molecule has 1 unspecified atom stereocenters. The molecular formula is C20H21N3O4. The molecule has 7 heteroatoms. The fourth-order valence-electron chi connectivity index (χ4n) is 3.16. The maximum absolute atomic E-state index is 13.0. The van der Waals surface area contributed by atoms with Gasteiger partial charge in [-0.3, -0.25) is 19.4 Å². The topological polar surface area (TPSA) is 88.6 Å². The van der Waals surface area contributed by atoms with Gasteiger partial charge in [-0.15, -0.1) is 0 Å². The Morgan fingerprint density at radius 3 is 2.78 bits per heavy atom. The van der Waals surface area contributed by atoms with Crippen LogP contribution in [0, 0.1) is 0 Å². The van der Waals surface area contributed by atoms with E-state index in [1.165, 1.54) is 7.11 Å². The zero-order chi connectivity index (χ0) is 19.2. The minimum absolute atomic E-state index is 0.198. The van der Waals surface area contributed by atoms with Gasteiger partial charge < -0.3 is 15.0 Å². The second-order valence-electron chi connectivity index (χ2n) is 6.27. The molecule has 1 fully saturated rings. The van der Waals surface area contributed by atoms with E-state index in [1.807, 2.05) is 24.3 Å². The van der Waals surface area contributed by atoms with E-state index < -0.39 is 12.0 Å². The molecule has 1 atom stereocenters. The van der Waals surface area contributed by atoms with Crippen molar-refractivity contribution in [3.8, 4) is 11.1 Å². The van der Waals surface area contributed by atoms with Crippen LogP contribution >= 0.6 is 0 Å². The van der Waals surface area contributed by atoms with E-state index in [0.29, 0.717) is 18.5 Å². The van der Waals surface area contributed by atoms with Gasteiger partial charge in [-0.2, -0.15) is 0 Å². The molecule has 2 amide bonds. The average Bonchev–Trinajstić information content (AvgIpc) is 3.22. The van der Waals surface area contributed by atoms with Crippen LogP contribution in [-0.4, -0.2) is 53.9 Å². The first kappa shape index (κ1) is 18.6. The van der Waals surface area contributed by atoms with Crippen molar-refractivity contribution in [1.82, 2.24) is 15.2 Å². The highest BCUT2D eigenvalue weighted by Gasteiger charge is 2.34. The van der Waals surface area contributed by atoms with Gasteiger partial charge in [0.25, 0.3) is 5.91 Å². The molecule has 1 aromatic carbocycles. The molecule has 0 bridgehead atoms. The fraction of sp³-hybridized carbons (Fsp3) is 0.300. The first-order valence-corrected chi connectivity index (χ1v) is 8.76. The molecule has 2 aromatic rings. The molecule has 27 heavy (non-hydrogen) atoms. The maximum Gasteiger partial charge on any atom is 0.325 e. The highest BCUT2D eigenvalue weighted by molar-refractivity contribution is 5.99. The lowest BCUT2D eigenvalue weighted by molar-refractivity contribution is -0.141. The number of nitrogens with one attached hydrogen (secondary N) is 1. The Balaban J connectivity index is 1.75. The van der Waals surface area contributed by atoms with Crippen molar-refractivity contribution in [2.75, 3.05) is 20.2 Å². The second kappa shape index (κ2) is 8.44. The molecule has 1 aromatic heterocycles. The number of aromatic nitrogens is 1. The summed E-state index contributed by atoms with van der Waals surface area (Å²) in [6.07, 6.45) is 4.74. The smallest absolute Gasteiger partial charge is 0.325 e. The third-order valence-corrected chi connectivity index (χ3v) is 4.56. The summed E-state index contributed by atoms with van der Waals surface area (Å²) in [6.45, 7) is 0.302. The Morgan fingerprint density at radius 2 is 2.04 bits per heavy atom. The number of hydrogen-bond donors (Lipinski definition) is 1. The number of amides is 2. The number of likely N-dealkylation sites (tertiary alicyclic amines) is 1. The zero-order valence-electron chi connectivity index (χ0n) is 15.1.